The van der Waals surface area contributed by atoms with Crippen molar-refractivity contribution in [2.75, 3.05) is 11.5 Å². The Morgan fingerprint density at radius 1 is 0.316 bits per heavy atom. The van der Waals surface area contributed by atoms with E-state index in [2.05, 4.69) is 21.6 Å². The number of aliphatic carboxylic acids is 2. The van der Waals surface area contributed by atoms with Crippen LogP contribution in [0.1, 0.15) is 180 Å². The largest absolute Gasteiger partial charge is 0.481 e. The van der Waals surface area contributed by atoms with Crippen molar-refractivity contribution in [3.8, 4) is 0 Å². The van der Waals surface area contributed by atoms with Crippen LogP contribution < -0.4 is 0 Å². The third-order valence-corrected chi connectivity index (χ3v) is 9.90. The second-order valence-corrected chi connectivity index (χ2v) is 13.8. The Morgan fingerprint density at radius 2 is 0.500 bits per heavy atom. The summed E-state index contributed by atoms with van der Waals surface area (Å²) in [5, 5.41) is 17.2. The molecule has 0 aromatic heterocycles. The van der Waals surface area contributed by atoms with E-state index >= 15 is 0 Å². The van der Waals surface area contributed by atoms with Gasteiger partial charge in [-0.05, 0) is 25.7 Å². The number of hydrogen-bond donors (Lipinski definition) is 2. The second-order valence-electron chi connectivity index (χ2n) is 11.1. The second kappa shape index (κ2) is 32.8. The first-order valence-electron chi connectivity index (χ1n) is 16.3. The van der Waals surface area contributed by atoms with E-state index in [1.807, 2.05) is 0 Å². The van der Waals surface area contributed by atoms with Crippen molar-refractivity contribution in [3.63, 3.8) is 0 Å². The summed E-state index contributed by atoms with van der Waals surface area (Å²) >= 11 is 0. The highest BCUT2D eigenvalue weighted by molar-refractivity contribution is 8.76. The lowest BCUT2D eigenvalue weighted by molar-refractivity contribution is -0.138. The normalized spacial score (nSPS) is 11.3. The molecule has 0 saturated heterocycles. The van der Waals surface area contributed by atoms with Gasteiger partial charge in [0, 0.05) is 24.3 Å². The maximum absolute atomic E-state index is 10.5. The lowest BCUT2D eigenvalue weighted by Gasteiger charge is -2.04. The molecule has 0 aromatic rings. The summed E-state index contributed by atoms with van der Waals surface area (Å²) in [5.41, 5.74) is 0. The Labute approximate surface area is 244 Å². The fourth-order valence-corrected chi connectivity index (χ4v) is 7.18. The highest BCUT2D eigenvalue weighted by Gasteiger charge is 1.99. The molecule has 4 nitrogen and oxygen atoms in total. The van der Waals surface area contributed by atoms with Crippen LogP contribution in [0.25, 0.3) is 0 Å². The van der Waals surface area contributed by atoms with Crippen molar-refractivity contribution in [2.45, 2.75) is 180 Å². The van der Waals surface area contributed by atoms with Crippen molar-refractivity contribution < 1.29 is 19.8 Å². The van der Waals surface area contributed by atoms with Gasteiger partial charge < -0.3 is 10.2 Å². The standard InChI is InChI=1S/C32H62O4S2/c33-31(34)27-23-19-15-11-7-3-1-5-9-13-17-21-25-29-37-38-30-26-22-18-14-10-6-2-4-8-12-16-20-24-28-32(35)36/h1-30H2,(H,33,34)(H,35,36). The van der Waals surface area contributed by atoms with Crippen LogP contribution in [0.3, 0.4) is 0 Å². The van der Waals surface area contributed by atoms with E-state index in [1.165, 1.54) is 153 Å². The van der Waals surface area contributed by atoms with Crippen LogP contribution in [-0.4, -0.2) is 33.7 Å². The number of hydrogen-bond acceptors (Lipinski definition) is 4. The van der Waals surface area contributed by atoms with Gasteiger partial charge in [-0.2, -0.15) is 0 Å². The van der Waals surface area contributed by atoms with Gasteiger partial charge in [-0.3, -0.25) is 9.59 Å². The molecule has 2 N–H and O–H groups in total. The average Bonchev–Trinajstić information content (AvgIpc) is 2.89. The van der Waals surface area contributed by atoms with E-state index in [0.29, 0.717) is 12.8 Å². The molecule has 0 radical (unpaired) electrons. The topological polar surface area (TPSA) is 74.6 Å². The van der Waals surface area contributed by atoms with Crippen molar-refractivity contribution >= 4 is 33.5 Å². The Morgan fingerprint density at radius 3 is 0.711 bits per heavy atom. The van der Waals surface area contributed by atoms with Gasteiger partial charge in [0.2, 0.25) is 0 Å². The number of unbranched alkanes of at least 4 members (excludes halogenated alkanes) is 24. The molecule has 0 amide bonds. The Hall–Kier alpha value is -0.360. The summed E-state index contributed by atoms with van der Waals surface area (Å²) in [4.78, 5) is 20.9. The third kappa shape index (κ3) is 35.6. The summed E-state index contributed by atoms with van der Waals surface area (Å²) < 4.78 is 0. The summed E-state index contributed by atoms with van der Waals surface area (Å²) in [6.07, 6.45) is 34.3. The van der Waals surface area contributed by atoms with E-state index < -0.39 is 11.9 Å². The minimum atomic E-state index is -0.658. The fourth-order valence-electron chi connectivity index (χ4n) is 4.88. The van der Waals surface area contributed by atoms with Crippen LogP contribution in [0.15, 0.2) is 0 Å². The van der Waals surface area contributed by atoms with Crippen LogP contribution in [0.5, 0.6) is 0 Å². The fraction of sp³-hybridized carbons (Fsp3) is 0.938. The van der Waals surface area contributed by atoms with Gasteiger partial charge >= 0.3 is 11.9 Å². The molecule has 0 aliphatic carbocycles. The van der Waals surface area contributed by atoms with Gasteiger partial charge in [0.1, 0.15) is 0 Å². The lowest BCUT2D eigenvalue weighted by Crippen LogP contribution is -1.93. The van der Waals surface area contributed by atoms with Crippen molar-refractivity contribution in [3.05, 3.63) is 0 Å². The molecule has 0 aromatic carbocycles. The molecule has 38 heavy (non-hydrogen) atoms. The monoisotopic (exact) mass is 574 g/mol. The summed E-state index contributed by atoms with van der Waals surface area (Å²) in [6.45, 7) is 0. The molecular formula is C32H62O4S2. The third-order valence-electron chi connectivity index (χ3n) is 7.32. The Balaban J connectivity index is 3.04. The highest BCUT2D eigenvalue weighted by atomic mass is 33.1. The van der Waals surface area contributed by atoms with Gasteiger partial charge in [0.25, 0.3) is 0 Å². The molecule has 0 saturated carbocycles. The Kier molecular flexibility index (Phi) is 32.5. The molecule has 0 unspecified atom stereocenters. The van der Waals surface area contributed by atoms with Gasteiger partial charge in [-0.25, -0.2) is 0 Å². The molecule has 0 heterocycles. The summed E-state index contributed by atoms with van der Waals surface area (Å²) in [5.74, 6) is 1.32. The number of rotatable bonds is 33. The van der Waals surface area contributed by atoms with Crippen LogP contribution >= 0.6 is 21.6 Å². The van der Waals surface area contributed by atoms with Gasteiger partial charge in [0.05, 0.1) is 0 Å². The van der Waals surface area contributed by atoms with E-state index in [4.69, 9.17) is 10.2 Å². The predicted octanol–water partition coefficient (Wildman–Crippen LogP) is 11.5. The molecule has 0 fully saturated rings. The number of carbonyl (C=O) groups is 2. The van der Waals surface area contributed by atoms with Crippen molar-refractivity contribution in [2.24, 2.45) is 0 Å². The maximum atomic E-state index is 10.5. The van der Waals surface area contributed by atoms with E-state index in [-0.39, 0.29) is 0 Å². The summed E-state index contributed by atoms with van der Waals surface area (Å²) in [6, 6.07) is 0. The van der Waals surface area contributed by atoms with Gasteiger partial charge in [-0.15, -0.1) is 0 Å². The maximum Gasteiger partial charge on any atom is 0.303 e. The first kappa shape index (κ1) is 37.6. The van der Waals surface area contributed by atoms with Crippen molar-refractivity contribution in [1.82, 2.24) is 0 Å². The molecule has 226 valence electrons. The first-order chi connectivity index (χ1) is 18.6. The number of carboxylic acids is 2. The van der Waals surface area contributed by atoms with Crippen LogP contribution in [0.2, 0.25) is 0 Å². The predicted molar refractivity (Wildman–Crippen MR) is 169 cm³/mol. The minimum absolute atomic E-state index is 0.336. The molecular weight excluding hydrogens is 512 g/mol. The molecule has 0 bridgehead atoms. The zero-order valence-corrected chi connectivity index (χ0v) is 26.4. The van der Waals surface area contributed by atoms with Gasteiger partial charge in [0.15, 0.2) is 0 Å². The number of carboxylic acid groups (broad SMARTS) is 2. The molecule has 6 heteroatoms. The smallest absolute Gasteiger partial charge is 0.303 e. The van der Waals surface area contributed by atoms with Crippen LogP contribution in [0, 0.1) is 0 Å². The van der Waals surface area contributed by atoms with Crippen LogP contribution in [-0.2, 0) is 9.59 Å². The van der Waals surface area contributed by atoms with E-state index in [0.717, 1.165) is 25.7 Å². The lowest BCUT2D eigenvalue weighted by atomic mass is 10.0. The average molecular weight is 575 g/mol. The minimum Gasteiger partial charge on any atom is -0.481 e. The highest BCUT2D eigenvalue weighted by Crippen LogP contribution is 2.25. The van der Waals surface area contributed by atoms with Crippen molar-refractivity contribution in [1.29, 1.82) is 0 Å². The molecule has 0 spiro atoms. The summed E-state index contributed by atoms with van der Waals surface area (Å²) in [7, 11) is 4.17. The van der Waals surface area contributed by atoms with Gasteiger partial charge in [-0.1, -0.05) is 163 Å². The molecule has 0 aliphatic rings. The first-order valence-corrected chi connectivity index (χ1v) is 18.8. The quantitative estimate of drug-likeness (QED) is 0.0599. The zero-order chi connectivity index (χ0) is 27.8. The van der Waals surface area contributed by atoms with E-state index in [1.54, 1.807) is 0 Å². The SMILES string of the molecule is O=C(O)CCCCCCCCCCCCCCCSSCCCCCCCCCCCCCCCC(=O)O. The Bertz CT molecular complexity index is 458. The zero-order valence-electron chi connectivity index (χ0n) is 24.7. The van der Waals surface area contributed by atoms with Crippen LogP contribution in [0.4, 0.5) is 0 Å². The molecule has 0 aliphatic heterocycles. The molecule has 0 rings (SSSR count). The molecule has 0 atom stereocenters. The van der Waals surface area contributed by atoms with E-state index in [9.17, 15) is 9.59 Å².